The van der Waals surface area contributed by atoms with E-state index < -0.39 is 36.6 Å². The first-order valence-electron chi connectivity index (χ1n) is 8.97. The van der Waals surface area contributed by atoms with E-state index in [-0.39, 0.29) is 10.6 Å². The summed E-state index contributed by atoms with van der Waals surface area (Å²) in [6.07, 6.45) is 0. The maximum absolute atomic E-state index is 12.5. The van der Waals surface area contributed by atoms with Crippen molar-refractivity contribution < 1.29 is 31.3 Å². The normalized spacial score (nSPS) is 12.1. The van der Waals surface area contributed by atoms with Gasteiger partial charge in [-0.05, 0) is 42.8 Å². The largest absolute Gasteiger partial charge is 0.478 e. The summed E-state index contributed by atoms with van der Waals surface area (Å²) in [5.41, 5.74) is 6.52. The lowest BCUT2D eigenvalue weighted by Crippen LogP contribution is -2.43. The molecular formula is C18H24N4O7S2. The van der Waals surface area contributed by atoms with Gasteiger partial charge in [-0.1, -0.05) is 13.0 Å². The van der Waals surface area contributed by atoms with Crippen molar-refractivity contribution in [2.24, 2.45) is 0 Å². The number of nitrogens with one attached hydrogen (secondary N) is 2. The second kappa shape index (κ2) is 9.20. The number of hydrogen-bond acceptors (Lipinski definition) is 8. The van der Waals surface area contributed by atoms with Gasteiger partial charge in [-0.15, -0.1) is 0 Å². The lowest BCUT2D eigenvalue weighted by molar-refractivity contribution is 0.0697. The molecule has 0 heterocycles. The van der Waals surface area contributed by atoms with Crippen LogP contribution in [-0.4, -0.2) is 57.4 Å². The number of rotatable bonds is 9. The van der Waals surface area contributed by atoms with Gasteiger partial charge in [-0.3, -0.25) is 9.98 Å². The summed E-state index contributed by atoms with van der Waals surface area (Å²) in [6.45, 7) is 3.83. The number of sulfonamides is 1. The van der Waals surface area contributed by atoms with E-state index in [1.807, 2.05) is 0 Å². The van der Waals surface area contributed by atoms with E-state index >= 15 is 0 Å². The molecule has 170 valence electrons. The van der Waals surface area contributed by atoms with Crippen molar-refractivity contribution in [3.05, 3.63) is 47.5 Å². The van der Waals surface area contributed by atoms with Gasteiger partial charge in [-0.25, -0.2) is 28.1 Å². The molecule has 31 heavy (non-hydrogen) atoms. The van der Waals surface area contributed by atoms with Crippen LogP contribution in [0, 0.1) is 6.92 Å². The number of nitrogens with zero attached hydrogens (tertiary/aromatic N) is 2. The Kier molecular flexibility index (Phi) is 7.28. The van der Waals surface area contributed by atoms with Crippen LogP contribution in [0.2, 0.25) is 0 Å². The number of carboxylic acids is 1. The Morgan fingerprint density at radius 1 is 1.03 bits per heavy atom. The lowest BCUT2D eigenvalue weighted by Gasteiger charge is -2.29. The minimum absolute atomic E-state index is 0.0298. The zero-order valence-corrected chi connectivity index (χ0v) is 19.0. The molecule has 0 bridgehead atoms. The van der Waals surface area contributed by atoms with Crippen molar-refractivity contribution in [2.45, 2.75) is 23.6 Å². The molecule has 2 aromatic rings. The van der Waals surface area contributed by atoms with Gasteiger partial charge in [0.1, 0.15) is 0 Å². The van der Waals surface area contributed by atoms with Crippen molar-refractivity contribution in [2.75, 3.05) is 31.2 Å². The van der Waals surface area contributed by atoms with E-state index in [1.54, 1.807) is 19.9 Å². The second-order valence-electron chi connectivity index (χ2n) is 6.68. The molecule has 0 saturated heterocycles. The molecule has 0 fully saturated rings. The van der Waals surface area contributed by atoms with Crippen molar-refractivity contribution in [3.8, 4) is 0 Å². The molecule has 0 aromatic heterocycles. The highest BCUT2D eigenvalue weighted by molar-refractivity contribution is 7.89. The summed E-state index contributed by atoms with van der Waals surface area (Å²) in [6, 6.07) is 7.56. The third-order valence-corrected chi connectivity index (χ3v) is 6.93. The van der Waals surface area contributed by atoms with Crippen molar-refractivity contribution in [3.63, 3.8) is 0 Å². The molecule has 0 radical (unpaired) electrons. The fraction of sp³-hybridized carbons (Fsp3) is 0.278. The third kappa shape index (κ3) is 5.51. The molecule has 0 saturated carbocycles. The first-order valence-corrected chi connectivity index (χ1v) is 11.8. The number of carboxylic acid groups (broad SMARTS) is 1. The van der Waals surface area contributed by atoms with Crippen molar-refractivity contribution >= 4 is 37.5 Å². The molecular weight excluding hydrogens is 448 g/mol. The molecule has 2 aromatic carbocycles. The van der Waals surface area contributed by atoms with Crippen LogP contribution >= 0.6 is 0 Å². The van der Waals surface area contributed by atoms with Gasteiger partial charge in [0.05, 0.1) is 26.7 Å². The van der Waals surface area contributed by atoms with E-state index in [0.717, 1.165) is 16.4 Å². The maximum atomic E-state index is 12.5. The minimum atomic E-state index is -4.60. The number of carbonyl (C=O) groups is 1. The summed E-state index contributed by atoms with van der Waals surface area (Å²) in [7, 11) is -5.50. The van der Waals surface area contributed by atoms with Crippen molar-refractivity contribution in [1.82, 2.24) is 9.73 Å². The Hall–Kier alpha value is -2.71. The fourth-order valence-electron chi connectivity index (χ4n) is 2.60. The average molecular weight is 473 g/mol. The van der Waals surface area contributed by atoms with E-state index in [9.17, 15) is 31.3 Å². The molecule has 11 nitrogen and oxygen atoms in total. The predicted octanol–water partition coefficient (Wildman–Crippen LogP) is 1.55. The highest BCUT2D eigenvalue weighted by Gasteiger charge is 2.22. The van der Waals surface area contributed by atoms with E-state index in [1.165, 1.54) is 37.4 Å². The molecule has 0 spiro atoms. The van der Waals surface area contributed by atoms with E-state index in [0.29, 0.717) is 17.8 Å². The van der Waals surface area contributed by atoms with Crippen LogP contribution in [0.15, 0.2) is 46.2 Å². The van der Waals surface area contributed by atoms with Crippen molar-refractivity contribution in [1.29, 1.82) is 0 Å². The maximum Gasteiger partial charge on any atom is 0.337 e. The quantitative estimate of drug-likeness (QED) is 0.312. The standard InChI is InChI=1S/C18H24N4O7S2/c1-5-19-22(17-9-8-14(31(27,28)29)10-15(17)18(23)24)20-16-11-13(7-6-12(16)2)30(25,26)21(3)4/h6-11,19-20H,5H2,1-4H3,(H,23,24)(H,27,28,29). The number of benzene rings is 2. The number of hydrogen-bond donors (Lipinski definition) is 4. The van der Waals surface area contributed by atoms with Gasteiger partial charge in [0.15, 0.2) is 0 Å². The fourth-order valence-corrected chi connectivity index (χ4v) is 4.03. The van der Waals surface area contributed by atoms with E-state index in [2.05, 4.69) is 10.9 Å². The number of anilines is 2. The zero-order chi connectivity index (χ0) is 23.6. The van der Waals surface area contributed by atoms with Crippen LogP contribution in [0.3, 0.4) is 0 Å². The molecule has 2 rings (SSSR count). The topological polar surface area (TPSA) is 156 Å². The van der Waals surface area contributed by atoms with Crippen LogP contribution in [0.1, 0.15) is 22.8 Å². The Balaban J connectivity index is 2.58. The SMILES string of the molecule is CCNN(Nc1cc(S(=O)(=O)N(C)C)ccc1C)c1ccc(S(=O)(=O)O)cc1C(=O)O. The van der Waals surface area contributed by atoms with Gasteiger partial charge in [0.25, 0.3) is 10.1 Å². The molecule has 4 N–H and O–H groups in total. The van der Waals surface area contributed by atoms with Gasteiger partial charge in [0.2, 0.25) is 10.0 Å². The first kappa shape index (κ1) is 24.6. The van der Waals surface area contributed by atoms with Gasteiger partial charge < -0.3 is 5.11 Å². The van der Waals surface area contributed by atoms with E-state index in [4.69, 9.17) is 0 Å². The highest BCUT2D eigenvalue weighted by atomic mass is 32.2. The van der Waals surface area contributed by atoms with Crippen LogP contribution in [-0.2, 0) is 20.1 Å². The van der Waals surface area contributed by atoms with Gasteiger partial charge in [0, 0.05) is 20.6 Å². The molecule has 0 aliphatic heterocycles. The Bertz CT molecular complexity index is 1200. The molecule has 0 amide bonds. The molecule has 0 unspecified atom stereocenters. The summed E-state index contributed by atoms with van der Waals surface area (Å²) in [4.78, 5) is 11.2. The summed E-state index contributed by atoms with van der Waals surface area (Å²) >= 11 is 0. The third-order valence-electron chi connectivity index (χ3n) is 4.27. The number of aromatic carboxylic acids is 1. The predicted molar refractivity (Wildman–Crippen MR) is 115 cm³/mol. The number of hydrazine groups is 2. The lowest BCUT2D eigenvalue weighted by atomic mass is 10.2. The van der Waals surface area contributed by atoms with Crippen LogP contribution in [0.25, 0.3) is 0 Å². The Morgan fingerprint density at radius 2 is 1.65 bits per heavy atom. The number of aryl methyl sites for hydroxylation is 1. The smallest absolute Gasteiger partial charge is 0.337 e. The zero-order valence-electron chi connectivity index (χ0n) is 17.3. The Morgan fingerprint density at radius 3 is 2.16 bits per heavy atom. The van der Waals surface area contributed by atoms with Crippen LogP contribution < -0.4 is 16.0 Å². The summed E-state index contributed by atoms with van der Waals surface area (Å²) in [5.74, 6) is -1.43. The second-order valence-corrected chi connectivity index (χ2v) is 10.3. The van der Waals surface area contributed by atoms with Crippen LogP contribution in [0.4, 0.5) is 11.4 Å². The first-order chi connectivity index (χ1) is 14.3. The minimum Gasteiger partial charge on any atom is -0.478 e. The molecule has 13 heteroatoms. The molecule has 0 aliphatic rings. The summed E-state index contributed by atoms with van der Waals surface area (Å²) in [5, 5.41) is 10.8. The van der Waals surface area contributed by atoms with Gasteiger partial charge in [-0.2, -0.15) is 8.42 Å². The molecule has 0 aliphatic carbocycles. The van der Waals surface area contributed by atoms with Gasteiger partial charge >= 0.3 is 5.97 Å². The average Bonchev–Trinajstić information content (AvgIpc) is 2.67. The van der Waals surface area contributed by atoms with Crippen LogP contribution in [0.5, 0.6) is 0 Å². The summed E-state index contributed by atoms with van der Waals surface area (Å²) < 4.78 is 58.0. The monoisotopic (exact) mass is 472 g/mol. The molecule has 0 atom stereocenters. The Labute approximate surface area is 181 Å². The highest BCUT2D eigenvalue weighted by Crippen LogP contribution is 2.27.